The molecule has 0 saturated heterocycles. The van der Waals surface area contributed by atoms with Crippen LogP contribution in [0.1, 0.15) is 24.2 Å². The average molecular weight is 324 g/mol. The van der Waals surface area contributed by atoms with E-state index < -0.39 is 24.4 Å². The fourth-order valence-electron chi connectivity index (χ4n) is 1.65. The van der Waals surface area contributed by atoms with Gasteiger partial charge in [0.2, 0.25) is 0 Å². The molecule has 0 aliphatic rings. The summed E-state index contributed by atoms with van der Waals surface area (Å²) in [6.45, 7) is 3.66. The van der Waals surface area contributed by atoms with Gasteiger partial charge in [-0.1, -0.05) is 0 Å². The van der Waals surface area contributed by atoms with Crippen molar-refractivity contribution in [2.45, 2.75) is 13.8 Å². The number of rotatable bonds is 9. The minimum atomic E-state index is -0.766. The van der Waals surface area contributed by atoms with Gasteiger partial charge in [0.15, 0.2) is 18.1 Å². The molecule has 0 saturated carbocycles. The minimum Gasteiger partial charge on any atom is -0.490 e. The first-order valence-electron chi connectivity index (χ1n) is 7.09. The SMILES string of the molecule is CCOc1ccc(C(=O)NCC(=O)OCC(N)=O)cc1OCC. The third-order valence-electron chi connectivity index (χ3n) is 2.57. The molecule has 1 aromatic carbocycles. The smallest absolute Gasteiger partial charge is 0.325 e. The molecule has 1 rings (SSSR count). The summed E-state index contributed by atoms with van der Waals surface area (Å²) in [6, 6.07) is 4.70. The fraction of sp³-hybridized carbons (Fsp3) is 0.400. The molecule has 2 amide bonds. The quantitative estimate of drug-likeness (QED) is 0.629. The second-order valence-corrected chi connectivity index (χ2v) is 4.34. The van der Waals surface area contributed by atoms with Gasteiger partial charge in [0.25, 0.3) is 11.8 Å². The van der Waals surface area contributed by atoms with Crippen LogP contribution >= 0.6 is 0 Å². The number of amides is 2. The molecule has 0 aliphatic heterocycles. The van der Waals surface area contributed by atoms with Crippen LogP contribution in [-0.2, 0) is 14.3 Å². The minimum absolute atomic E-state index is 0.305. The first kappa shape index (κ1) is 18.3. The molecule has 0 fully saturated rings. The topological polar surface area (TPSA) is 117 Å². The van der Waals surface area contributed by atoms with Gasteiger partial charge >= 0.3 is 5.97 Å². The average Bonchev–Trinajstić information content (AvgIpc) is 2.52. The first-order valence-corrected chi connectivity index (χ1v) is 7.09. The fourth-order valence-corrected chi connectivity index (χ4v) is 1.65. The lowest BCUT2D eigenvalue weighted by atomic mass is 10.2. The highest BCUT2D eigenvalue weighted by Crippen LogP contribution is 2.28. The van der Waals surface area contributed by atoms with Crippen LogP contribution in [0.5, 0.6) is 11.5 Å². The van der Waals surface area contributed by atoms with E-state index in [2.05, 4.69) is 10.1 Å². The molecule has 8 heteroatoms. The lowest BCUT2D eigenvalue weighted by Crippen LogP contribution is -2.32. The number of esters is 1. The highest BCUT2D eigenvalue weighted by molar-refractivity contribution is 5.96. The van der Waals surface area contributed by atoms with Gasteiger partial charge < -0.3 is 25.3 Å². The van der Waals surface area contributed by atoms with Crippen LogP contribution in [0.15, 0.2) is 18.2 Å². The highest BCUT2D eigenvalue weighted by Gasteiger charge is 2.13. The van der Waals surface area contributed by atoms with Gasteiger partial charge in [-0.25, -0.2) is 0 Å². The van der Waals surface area contributed by atoms with Gasteiger partial charge in [0.1, 0.15) is 6.54 Å². The second-order valence-electron chi connectivity index (χ2n) is 4.34. The molecule has 0 radical (unpaired) electrons. The predicted octanol–water partition coefficient (Wildman–Crippen LogP) is 0.242. The summed E-state index contributed by atoms with van der Waals surface area (Å²) >= 11 is 0. The molecular weight excluding hydrogens is 304 g/mol. The van der Waals surface area contributed by atoms with Crippen LogP contribution in [0.25, 0.3) is 0 Å². The van der Waals surface area contributed by atoms with Gasteiger partial charge in [-0.2, -0.15) is 0 Å². The Morgan fingerprint density at radius 1 is 1.09 bits per heavy atom. The number of carbonyl (C=O) groups excluding carboxylic acids is 3. The van der Waals surface area contributed by atoms with Gasteiger partial charge in [-0.3, -0.25) is 14.4 Å². The molecule has 0 heterocycles. The van der Waals surface area contributed by atoms with Crippen LogP contribution in [-0.4, -0.2) is 44.1 Å². The zero-order valence-electron chi connectivity index (χ0n) is 13.1. The maximum Gasteiger partial charge on any atom is 0.325 e. The van der Waals surface area contributed by atoms with Crippen molar-refractivity contribution in [3.8, 4) is 11.5 Å². The van der Waals surface area contributed by atoms with Crippen molar-refractivity contribution in [1.82, 2.24) is 5.32 Å². The molecule has 0 aromatic heterocycles. The number of ether oxygens (including phenoxy) is 3. The normalized spacial score (nSPS) is 9.83. The number of hydrogen-bond acceptors (Lipinski definition) is 6. The largest absolute Gasteiger partial charge is 0.490 e. The van der Waals surface area contributed by atoms with E-state index in [0.717, 1.165) is 0 Å². The first-order chi connectivity index (χ1) is 11.0. The van der Waals surface area contributed by atoms with Crippen molar-refractivity contribution in [3.63, 3.8) is 0 Å². The second kappa shape index (κ2) is 9.29. The summed E-state index contributed by atoms with van der Waals surface area (Å²) in [4.78, 5) is 33.8. The van der Waals surface area contributed by atoms with Crippen LogP contribution in [0, 0.1) is 0 Å². The van der Waals surface area contributed by atoms with E-state index in [4.69, 9.17) is 15.2 Å². The van der Waals surface area contributed by atoms with E-state index in [1.807, 2.05) is 13.8 Å². The van der Waals surface area contributed by atoms with Crippen molar-refractivity contribution < 1.29 is 28.6 Å². The van der Waals surface area contributed by atoms with E-state index in [1.165, 1.54) is 6.07 Å². The maximum absolute atomic E-state index is 12.0. The Bertz CT molecular complexity index is 573. The summed E-state index contributed by atoms with van der Waals surface area (Å²) in [5, 5.41) is 2.38. The molecule has 1 aromatic rings. The standard InChI is InChI=1S/C15H20N2O6/c1-3-21-11-6-5-10(7-12(11)22-4-2)15(20)17-8-14(19)23-9-13(16)18/h5-7H,3-4,8-9H2,1-2H3,(H2,16,18)(H,17,20). The third kappa shape index (κ3) is 6.25. The van der Waals surface area contributed by atoms with Crippen molar-refractivity contribution in [3.05, 3.63) is 23.8 Å². The van der Waals surface area contributed by atoms with Crippen LogP contribution in [0.2, 0.25) is 0 Å². The third-order valence-corrected chi connectivity index (χ3v) is 2.57. The van der Waals surface area contributed by atoms with Gasteiger partial charge in [0, 0.05) is 5.56 Å². The number of carbonyl (C=O) groups is 3. The van der Waals surface area contributed by atoms with E-state index in [1.54, 1.807) is 12.1 Å². The highest BCUT2D eigenvalue weighted by atomic mass is 16.5. The molecule has 0 aliphatic carbocycles. The lowest BCUT2D eigenvalue weighted by Gasteiger charge is -2.12. The van der Waals surface area contributed by atoms with E-state index in [-0.39, 0.29) is 6.54 Å². The summed E-state index contributed by atoms with van der Waals surface area (Å²) in [5.74, 6) is -1.03. The number of nitrogens with two attached hydrogens (primary N) is 1. The molecule has 23 heavy (non-hydrogen) atoms. The molecule has 0 bridgehead atoms. The number of nitrogens with one attached hydrogen (secondary N) is 1. The Labute approximate surface area is 133 Å². The zero-order chi connectivity index (χ0) is 17.2. The Morgan fingerprint density at radius 2 is 1.74 bits per heavy atom. The molecule has 8 nitrogen and oxygen atoms in total. The summed E-state index contributed by atoms with van der Waals surface area (Å²) in [7, 11) is 0. The van der Waals surface area contributed by atoms with Gasteiger partial charge in [-0.15, -0.1) is 0 Å². The Kier molecular flexibility index (Phi) is 7.38. The molecule has 0 unspecified atom stereocenters. The molecule has 3 N–H and O–H groups in total. The van der Waals surface area contributed by atoms with Gasteiger partial charge in [0.05, 0.1) is 13.2 Å². The summed E-state index contributed by atoms with van der Waals surface area (Å²) in [6.07, 6.45) is 0. The van der Waals surface area contributed by atoms with Crippen molar-refractivity contribution in [1.29, 1.82) is 0 Å². The van der Waals surface area contributed by atoms with E-state index >= 15 is 0 Å². The molecular formula is C15H20N2O6. The Balaban J connectivity index is 2.66. The molecule has 0 atom stereocenters. The number of hydrogen-bond donors (Lipinski definition) is 2. The van der Waals surface area contributed by atoms with Crippen LogP contribution in [0.4, 0.5) is 0 Å². The van der Waals surface area contributed by atoms with E-state index in [9.17, 15) is 14.4 Å². The van der Waals surface area contributed by atoms with Crippen LogP contribution in [0.3, 0.4) is 0 Å². The summed E-state index contributed by atoms with van der Waals surface area (Å²) in [5.41, 5.74) is 5.15. The Hall–Kier alpha value is -2.77. The van der Waals surface area contributed by atoms with Crippen molar-refractivity contribution in [2.75, 3.05) is 26.4 Å². The van der Waals surface area contributed by atoms with Gasteiger partial charge in [-0.05, 0) is 32.0 Å². The van der Waals surface area contributed by atoms with Crippen molar-refractivity contribution >= 4 is 17.8 Å². The lowest BCUT2D eigenvalue weighted by molar-refractivity contribution is -0.146. The number of primary amides is 1. The molecule has 0 spiro atoms. The number of benzene rings is 1. The van der Waals surface area contributed by atoms with Crippen molar-refractivity contribution in [2.24, 2.45) is 5.73 Å². The monoisotopic (exact) mass is 324 g/mol. The summed E-state index contributed by atoms with van der Waals surface area (Å²) < 4.78 is 15.4. The van der Waals surface area contributed by atoms with E-state index in [0.29, 0.717) is 30.3 Å². The maximum atomic E-state index is 12.0. The zero-order valence-corrected chi connectivity index (χ0v) is 13.1. The predicted molar refractivity (Wildman–Crippen MR) is 81.3 cm³/mol. The van der Waals surface area contributed by atoms with Crippen LogP contribution < -0.4 is 20.5 Å². The Morgan fingerprint density at radius 3 is 2.35 bits per heavy atom. The molecule has 126 valence electrons.